The molecule has 6 nitrogen and oxygen atoms in total. The van der Waals surface area contributed by atoms with Crippen LogP contribution in [0.1, 0.15) is 55.4 Å². The number of nitrogens with zero attached hydrogens (tertiary/aromatic N) is 2. The molecule has 0 amide bonds. The lowest BCUT2D eigenvalue weighted by molar-refractivity contribution is 0.181. The molecule has 0 aliphatic heterocycles. The summed E-state index contributed by atoms with van der Waals surface area (Å²) in [7, 11) is 0. The second kappa shape index (κ2) is 9.22. The molecule has 1 aromatic carbocycles. The van der Waals surface area contributed by atoms with Gasteiger partial charge in [0.1, 0.15) is 6.54 Å². The minimum absolute atomic E-state index is 0.331. The van der Waals surface area contributed by atoms with E-state index in [4.69, 9.17) is 4.52 Å². The number of aliphatic hydroxyl groups is 1. The van der Waals surface area contributed by atoms with Gasteiger partial charge in [-0.2, -0.15) is 0 Å². The van der Waals surface area contributed by atoms with Crippen LogP contribution in [-0.2, 0) is 6.54 Å². The van der Waals surface area contributed by atoms with Crippen LogP contribution in [0.3, 0.4) is 0 Å². The molecule has 136 valence electrons. The highest BCUT2D eigenvalue weighted by Crippen LogP contribution is 2.15. The predicted molar refractivity (Wildman–Crippen MR) is 99.5 cm³/mol. The number of aryl methyl sites for hydroxylation is 1. The van der Waals surface area contributed by atoms with Crippen LogP contribution in [-0.4, -0.2) is 29.3 Å². The molecule has 1 aromatic heterocycles. The van der Waals surface area contributed by atoms with Crippen LogP contribution in [0.2, 0.25) is 0 Å². The van der Waals surface area contributed by atoms with E-state index in [1.165, 1.54) is 5.56 Å². The highest BCUT2D eigenvalue weighted by atomic mass is 16.5. The van der Waals surface area contributed by atoms with Gasteiger partial charge in [-0.15, -0.1) is 0 Å². The van der Waals surface area contributed by atoms with E-state index >= 15 is 0 Å². The molecule has 0 saturated heterocycles. The van der Waals surface area contributed by atoms with E-state index in [1.807, 2.05) is 44.2 Å². The van der Waals surface area contributed by atoms with Crippen LogP contribution >= 0.6 is 0 Å². The van der Waals surface area contributed by atoms with Crippen molar-refractivity contribution in [1.29, 1.82) is 0 Å². The van der Waals surface area contributed by atoms with Crippen molar-refractivity contribution < 1.29 is 9.63 Å². The number of guanidine groups is 1. The van der Waals surface area contributed by atoms with Crippen molar-refractivity contribution in [2.75, 3.05) is 13.1 Å². The summed E-state index contributed by atoms with van der Waals surface area (Å²) < 4.78 is 5.30. The molecule has 0 saturated carbocycles. The highest BCUT2D eigenvalue weighted by Gasteiger charge is 2.10. The van der Waals surface area contributed by atoms with Crippen molar-refractivity contribution in [2.24, 2.45) is 4.99 Å². The van der Waals surface area contributed by atoms with Crippen LogP contribution in [0.15, 0.2) is 39.8 Å². The van der Waals surface area contributed by atoms with Crippen molar-refractivity contribution >= 4 is 5.96 Å². The summed E-state index contributed by atoms with van der Waals surface area (Å²) in [4.78, 5) is 4.49. The number of aliphatic imine (C=N–C) groups is 1. The summed E-state index contributed by atoms with van der Waals surface area (Å²) in [5.74, 6) is 1.69. The fraction of sp³-hybridized carbons (Fsp3) is 0.474. The van der Waals surface area contributed by atoms with Crippen LogP contribution in [0.25, 0.3) is 0 Å². The van der Waals surface area contributed by atoms with Gasteiger partial charge in [0.2, 0.25) is 0 Å². The summed E-state index contributed by atoms with van der Waals surface area (Å²) in [5.41, 5.74) is 2.98. The van der Waals surface area contributed by atoms with Crippen LogP contribution in [0.5, 0.6) is 0 Å². The normalized spacial score (nSPS) is 13.1. The molecule has 0 aliphatic rings. The van der Waals surface area contributed by atoms with Gasteiger partial charge in [0, 0.05) is 19.2 Å². The first-order chi connectivity index (χ1) is 12.0. The average Bonchev–Trinajstić information content (AvgIpc) is 3.07. The molecule has 0 aliphatic carbocycles. The van der Waals surface area contributed by atoms with Gasteiger partial charge in [0.05, 0.1) is 11.8 Å². The van der Waals surface area contributed by atoms with E-state index in [2.05, 4.69) is 34.6 Å². The fourth-order valence-electron chi connectivity index (χ4n) is 2.27. The van der Waals surface area contributed by atoms with Gasteiger partial charge < -0.3 is 20.3 Å². The Bertz CT molecular complexity index is 677. The van der Waals surface area contributed by atoms with Gasteiger partial charge in [-0.25, -0.2) is 4.99 Å². The first-order valence-electron chi connectivity index (χ1n) is 8.72. The Kier molecular flexibility index (Phi) is 7.01. The second-order valence-corrected chi connectivity index (χ2v) is 6.38. The minimum Gasteiger partial charge on any atom is -0.387 e. The maximum Gasteiger partial charge on any atom is 0.191 e. The topological polar surface area (TPSA) is 82.7 Å². The molecule has 6 heteroatoms. The van der Waals surface area contributed by atoms with Gasteiger partial charge in [-0.1, -0.05) is 48.8 Å². The molecule has 1 heterocycles. The second-order valence-electron chi connectivity index (χ2n) is 6.38. The van der Waals surface area contributed by atoms with Crippen molar-refractivity contribution in [2.45, 2.75) is 46.3 Å². The third-order valence-electron chi connectivity index (χ3n) is 3.83. The first-order valence-corrected chi connectivity index (χ1v) is 8.72. The number of benzene rings is 1. The van der Waals surface area contributed by atoms with Crippen molar-refractivity contribution in [3.05, 3.63) is 52.9 Å². The van der Waals surface area contributed by atoms with E-state index in [-0.39, 0.29) is 0 Å². The van der Waals surface area contributed by atoms with Crippen LogP contribution in [0, 0.1) is 6.92 Å². The first kappa shape index (κ1) is 19.0. The molecule has 0 bridgehead atoms. The number of nitrogens with one attached hydrogen (secondary N) is 2. The average molecular weight is 344 g/mol. The lowest BCUT2D eigenvalue weighted by atomic mass is 10.1. The van der Waals surface area contributed by atoms with Crippen molar-refractivity contribution in [3.8, 4) is 0 Å². The van der Waals surface area contributed by atoms with Crippen LogP contribution in [0.4, 0.5) is 0 Å². The maximum absolute atomic E-state index is 10.3. The molecule has 1 unspecified atom stereocenters. The zero-order chi connectivity index (χ0) is 18.2. The van der Waals surface area contributed by atoms with Gasteiger partial charge in [-0.3, -0.25) is 0 Å². The molecule has 25 heavy (non-hydrogen) atoms. The lowest BCUT2D eigenvalue weighted by Crippen LogP contribution is -2.39. The van der Waals surface area contributed by atoms with Crippen molar-refractivity contribution in [1.82, 2.24) is 15.8 Å². The smallest absolute Gasteiger partial charge is 0.191 e. The Labute approximate surface area is 149 Å². The molecule has 0 spiro atoms. The monoisotopic (exact) mass is 344 g/mol. The number of hydrogen-bond acceptors (Lipinski definition) is 4. The summed E-state index contributed by atoms with van der Waals surface area (Å²) in [6.45, 7) is 9.68. The third kappa shape index (κ3) is 5.90. The quantitative estimate of drug-likeness (QED) is 0.531. The molecule has 0 fully saturated rings. The largest absolute Gasteiger partial charge is 0.387 e. The maximum atomic E-state index is 10.3. The van der Waals surface area contributed by atoms with Crippen LogP contribution < -0.4 is 10.6 Å². The Balaban J connectivity index is 1.93. The zero-order valence-corrected chi connectivity index (χ0v) is 15.4. The Morgan fingerprint density at radius 3 is 2.56 bits per heavy atom. The Hall–Kier alpha value is -2.34. The summed E-state index contributed by atoms with van der Waals surface area (Å²) in [6.07, 6.45) is -0.595. The number of aromatic nitrogens is 1. The number of rotatable bonds is 7. The third-order valence-corrected chi connectivity index (χ3v) is 3.83. The van der Waals surface area contributed by atoms with E-state index < -0.39 is 6.10 Å². The fourth-order valence-corrected chi connectivity index (χ4v) is 2.27. The molecule has 2 rings (SSSR count). The summed E-state index contributed by atoms with van der Waals surface area (Å²) >= 11 is 0. The molecular formula is C19H28N4O2. The standard InChI is InChI=1S/C19H28N4O2/c1-5-20-19(21-11-16-10-17(13(2)3)23-25-16)22-12-18(24)15-8-6-14(4)7-9-15/h6-10,13,18,24H,5,11-12H2,1-4H3,(H2,20,21,22). The molecular weight excluding hydrogens is 316 g/mol. The van der Waals surface area contributed by atoms with Gasteiger partial charge in [0.25, 0.3) is 0 Å². The molecule has 1 atom stereocenters. The number of hydrogen-bond donors (Lipinski definition) is 3. The van der Waals surface area contributed by atoms with E-state index in [0.29, 0.717) is 25.0 Å². The SMILES string of the molecule is CCNC(=NCc1cc(C(C)C)no1)NCC(O)c1ccc(C)cc1. The van der Waals surface area contributed by atoms with E-state index in [1.54, 1.807) is 0 Å². The Morgan fingerprint density at radius 2 is 1.96 bits per heavy atom. The van der Waals surface area contributed by atoms with Gasteiger partial charge in [0.15, 0.2) is 11.7 Å². The number of aliphatic hydroxyl groups excluding tert-OH is 1. The summed E-state index contributed by atoms with van der Waals surface area (Å²) in [5, 5.41) is 20.7. The zero-order valence-electron chi connectivity index (χ0n) is 15.4. The lowest BCUT2D eigenvalue weighted by Gasteiger charge is -2.15. The minimum atomic E-state index is -0.595. The highest BCUT2D eigenvalue weighted by molar-refractivity contribution is 5.79. The molecule has 2 aromatic rings. The predicted octanol–water partition coefficient (Wildman–Crippen LogP) is 2.90. The van der Waals surface area contributed by atoms with Gasteiger partial charge in [-0.05, 0) is 25.3 Å². The molecule has 3 N–H and O–H groups in total. The Morgan fingerprint density at radius 1 is 1.24 bits per heavy atom. The summed E-state index contributed by atoms with van der Waals surface area (Å²) in [6, 6.07) is 9.79. The van der Waals surface area contributed by atoms with Crippen molar-refractivity contribution in [3.63, 3.8) is 0 Å². The molecule has 0 radical (unpaired) electrons. The van der Waals surface area contributed by atoms with E-state index in [0.717, 1.165) is 23.6 Å². The van der Waals surface area contributed by atoms with E-state index in [9.17, 15) is 5.11 Å². The van der Waals surface area contributed by atoms with Gasteiger partial charge >= 0.3 is 0 Å².